The molecule has 1 rings (SSSR count). The largest absolute Gasteiger partial charge is 0.390 e. The standard InChI is InChI=1S/C13H24F2O2/c1-4-12(3,17-5-2)11(16)8-10-6-7-13(14,15)9-10/h10-11,16H,4-9H2,1-3H3. The fourth-order valence-corrected chi connectivity index (χ4v) is 2.57. The Morgan fingerprint density at radius 1 is 1.47 bits per heavy atom. The molecule has 0 aromatic heterocycles. The minimum absolute atomic E-state index is 0.0398. The van der Waals surface area contributed by atoms with Gasteiger partial charge in [0.2, 0.25) is 5.92 Å². The lowest BCUT2D eigenvalue weighted by Crippen LogP contribution is -2.42. The van der Waals surface area contributed by atoms with Crippen molar-refractivity contribution < 1.29 is 18.6 Å². The molecule has 0 heterocycles. The molecule has 2 nitrogen and oxygen atoms in total. The van der Waals surface area contributed by atoms with Gasteiger partial charge in [-0.1, -0.05) is 6.92 Å². The number of aliphatic hydroxyl groups excluding tert-OH is 1. The molecule has 0 saturated heterocycles. The average Bonchev–Trinajstić information content (AvgIpc) is 2.58. The van der Waals surface area contributed by atoms with Crippen molar-refractivity contribution in [2.24, 2.45) is 5.92 Å². The van der Waals surface area contributed by atoms with Crippen molar-refractivity contribution in [2.75, 3.05) is 6.61 Å². The molecule has 0 amide bonds. The summed E-state index contributed by atoms with van der Waals surface area (Å²) in [6.07, 6.45) is 0.824. The first-order chi connectivity index (χ1) is 7.83. The molecule has 1 N–H and O–H groups in total. The van der Waals surface area contributed by atoms with E-state index in [1.165, 1.54) is 0 Å². The molecule has 0 aliphatic heterocycles. The summed E-state index contributed by atoms with van der Waals surface area (Å²) in [5, 5.41) is 10.2. The van der Waals surface area contributed by atoms with Crippen LogP contribution in [0.1, 0.15) is 52.9 Å². The van der Waals surface area contributed by atoms with Crippen LogP contribution in [0.4, 0.5) is 8.78 Å². The number of hydrogen-bond donors (Lipinski definition) is 1. The topological polar surface area (TPSA) is 29.5 Å². The van der Waals surface area contributed by atoms with E-state index in [0.717, 1.165) is 0 Å². The summed E-state index contributed by atoms with van der Waals surface area (Å²) in [6, 6.07) is 0. The highest BCUT2D eigenvalue weighted by molar-refractivity contribution is 4.89. The number of alkyl halides is 2. The molecule has 17 heavy (non-hydrogen) atoms. The monoisotopic (exact) mass is 250 g/mol. The van der Waals surface area contributed by atoms with E-state index in [4.69, 9.17) is 4.74 Å². The predicted octanol–water partition coefficient (Wildman–Crippen LogP) is 3.38. The molecule has 102 valence electrons. The molecule has 1 saturated carbocycles. The molecule has 1 aliphatic carbocycles. The van der Waals surface area contributed by atoms with Crippen molar-refractivity contribution in [3.8, 4) is 0 Å². The number of aliphatic hydroxyl groups is 1. The second-order valence-corrected chi connectivity index (χ2v) is 5.32. The summed E-state index contributed by atoms with van der Waals surface area (Å²) < 4.78 is 31.7. The van der Waals surface area contributed by atoms with Gasteiger partial charge in [0, 0.05) is 19.4 Å². The summed E-state index contributed by atoms with van der Waals surface area (Å²) in [4.78, 5) is 0. The van der Waals surface area contributed by atoms with Gasteiger partial charge in [-0.15, -0.1) is 0 Å². The lowest BCUT2D eigenvalue weighted by Gasteiger charge is -2.34. The van der Waals surface area contributed by atoms with Crippen LogP contribution in [-0.2, 0) is 4.74 Å². The van der Waals surface area contributed by atoms with E-state index in [1.54, 1.807) is 0 Å². The molecule has 0 bridgehead atoms. The summed E-state index contributed by atoms with van der Waals surface area (Å²) in [5.41, 5.74) is -0.605. The lowest BCUT2D eigenvalue weighted by atomic mass is 9.87. The normalized spacial score (nSPS) is 28.9. The second kappa shape index (κ2) is 5.61. The summed E-state index contributed by atoms with van der Waals surface area (Å²) >= 11 is 0. The van der Waals surface area contributed by atoms with Crippen molar-refractivity contribution in [3.63, 3.8) is 0 Å². The van der Waals surface area contributed by atoms with E-state index in [0.29, 0.717) is 25.9 Å². The van der Waals surface area contributed by atoms with Crippen molar-refractivity contribution in [2.45, 2.75) is 70.5 Å². The van der Waals surface area contributed by atoms with Crippen LogP contribution < -0.4 is 0 Å². The first-order valence-electron chi connectivity index (χ1n) is 6.53. The third kappa shape index (κ3) is 3.88. The minimum Gasteiger partial charge on any atom is -0.390 e. The Morgan fingerprint density at radius 3 is 2.53 bits per heavy atom. The molecule has 1 aliphatic rings. The zero-order chi connectivity index (χ0) is 13.1. The van der Waals surface area contributed by atoms with Gasteiger partial charge in [0.15, 0.2) is 0 Å². The van der Waals surface area contributed by atoms with Crippen LogP contribution in [-0.4, -0.2) is 29.3 Å². The highest BCUT2D eigenvalue weighted by atomic mass is 19.3. The zero-order valence-corrected chi connectivity index (χ0v) is 11.0. The number of ether oxygens (including phenoxy) is 1. The van der Waals surface area contributed by atoms with Gasteiger partial charge in [-0.3, -0.25) is 0 Å². The van der Waals surface area contributed by atoms with Gasteiger partial charge >= 0.3 is 0 Å². The van der Waals surface area contributed by atoms with E-state index in [-0.39, 0.29) is 18.8 Å². The Kier molecular flexibility index (Phi) is 4.90. The molecular weight excluding hydrogens is 226 g/mol. The SMILES string of the molecule is CCOC(C)(CC)C(O)CC1CCC(F)(F)C1. The van der Waals surface area contributed by atoms with Crippen LogP contribution in [0.15, 0.2) is 0 Å². The molecule has 0 aromatic carbocycles. The Labute approximate surface area is 102 Å². The lowest BCUT2D eigenvalue weighted by molar-refractivity contribution is -0.118. The van der Waals surface area contributed by atoms with Gasteiger partial charge in [0.25, 0.3) is 0 Å². The van der Waals surface area contributed by atoms with E-state index in [9.17, 15) is 13.9 Å². The van der Waals surface area contributed by atoms with Crippen molar-refractivity contribution in [1.82, 2.24) is 0 Å². The molecule has 3 atom stereocenters. The number of rotatable bonds is 6. The molecule has 0 aromatic rings. The van der Waals surface area contributed by atoms with Crippen LogP contribution in [0, 0.1) is 5.92 Å². The van der Waals surface area contributed by atoms with Crippen molar-refractivity contribution in [3.05, 3.63) is 0 Å². The second-order valence-electron chi connectivity index (χ2n) is 5.32. The fourth-order valence-electron chi connectivity index (χ4n) is 2.57. The summed E-state index contributed by atoms with van der Waals surface area (Å²) in [7, 11) is 0. The van der Waals surface area contributed by atoms with Crippen molar-refractivity contribution in [1.29, 1.82) is 0 Å². The maximum absolute atomic E-state index is 13.1. The third-order valence-electron chi connectivity index (χ3n) is 3.94. The highest BCUT2D eigenvalue weighted by Gasteiger charge is 2.42. The third-order valence-corrected chi connectivity index (χ3v) is 3.94. The van der Waals surface area contributed by atoms with E-state index in [2.05, 4.69) is 0 Å². The smallest absolute Gasteiger partial charge is 0.248 e. The molecule has 1 fully saturated rings. The zero-order valence-electron chi connectivity index (χ0n) is 11.0. The molecule has 0 radical (unpaired) electrons. The van der Waals surface area contributed by atoms with E-state index >= 15 is 0 Å². The quantitative estimate of drug-likeness (QED) is 0.783. The summed E-state index contributed by atoms with van der Waals surface area (Å²) in [5.74, 6) is -2.61. The fraction of sp³-hybridized carbons (Fsp3) is 1.00. The van der Waals surface area contributed by atoms with Gasteiger partial charge in [0.05, 0.1) is 11.7 Å². The van der Waals surface area contributed by atoms with Crippen LogP contribution in [0.3, 0.4) is 0 Å². The maximum atomic E-state index is 13.1. The van der Waals surface area contributed by atoms with Crippen LogP contribution in [0.5, 0.6) is 0 Å². The Bertz CT molecular complexity index is 246. The molecule has 3 unspecified atom stereocenters. The van der Waals surface area contributed by atoms with Crippen LogP contribution in [0.25, 0.3) is 0 Å². The maximum Gasteiger partial charge on any atom is 0.248 e. The number of hydrogen-bond acceptors (Lipinski definition) is 2. The first kappa shape index (κ1) is 14.8. The van der Waals surface area contributed by atoms with Crippen LogP contribution >= 0.6 is 0 Å². The van der Waals surface area contributed by atoms with Gasteiger partial charge < -0.3 is 9.84 Å². The highest BCUT2D eigenvalue weighted by Crippen LogP contribution is 2.42. The minimum atomic E-state index is -2.53. The van der Waals surface area contributed by atoms with Gasteiger partial charge in [0.1, 0.15) is 0 Å². The first-order valence-corrected chi connectivity index (χ1v) is 6.53. The van der Waals surface area contributed by atoms with Gasteiger partial charge in [-0.2, -0.15) is 0 Å². The van der Waals surface area contributed by atoms with E-state index < -0.39 is 17.6 Å². The molecular formula is C13H24F2O2. The average molecular weight is 250 g/mol. The number of halogens is 2. The summed E-state index contributed by atoms with van der Waals surface area (Å²) in [6.45, 7) is 6.21. The molecule has 4 heteroatoms. The van der Waals surface area contributed by atoms with Crippen LogP contribution in [0.2, 0.25) is 0 Å². The molecule has 0 spiro atoms. The Hall–Kier alpha value is -0.220. The predicted molar refractivity (Wildman–Crippen MR) is 63.2 cm³/mol. The Balaban J connectivity index is 2.50. The van der Waals surface area contributed by atoms with Crippen molar-refractivity contribution >= 4 is 0 Å². The van der Waals surface area contributed by atoms with Gasteiger partial charge in [-0.05, 0) is 39.0 Å². The van der Waals surface area contributed by atoms with E-state index in [1.807, 2.05) is 20.8 Å². The Morgan fingerprint density at radius 2 is 2.12 bits per heavy atom. The van der Waals surface area contributed by atoms with Gasteiger partial charge in [-0.25, -0.2) is 8.78 Å².